The standard InChI is InChI=1S/C8H15NO3/c1-11-8(10)6-2-4-12-5-3-7(6)9/h6-7H,2-5,9H2,1H3/t6-,7-/m1/s1. The van der Waals surface area contributed by atoms with E-state index in [1.54, 1.807) is 0 Å². The number of rotatable bonds is 1. The molecule has 70 valence electrons. The summed E-state index contributed by atoms with van der Waals surface area (Å²) in [5, 5.41) is 0. The molecule has 1 rings (SSSR count). The monoisotopic (exact) mass is 173 g/mol. The molecule has 1 saturated heterocycles. The van der Waals surface area contributed by atoms with E-state index in [0.29, 0.717) is 19.6 Å². The van der Waals surface area contributed by atoms with Crippen molar-refractivity contribution < 1.29 is 14.3 Å². The molecule has 12 heavy (non-hydrogen) atoms. The van der Waals surface area contributed by atoms with E-state index >= 15 is 0 Å². The topological polar surface area (TPSA) is 61.5 Å². The van der Waals surface area contributed by atoms with Gasteiger partial charge in [0.25, 0.3) is 0 Å². The Morgan fingerprint density at radius 2 is 2.17 bits per heavy atom. The average molecular weight is 173 g/mol. The van der Waals surface area contributed by atoms with Gasteiger partial charge in [-0.2, -0.15) is 0 Å². The molecule has 0 aromatic carbocycles. The van der Waals surface area contributed by atoms with Crippen LogP contribution >= 0.6 is 0 Å². The summed E-state index contributed by atoms with van der Waals surface area (Å²) in [5.74, 6) is -0.398. The van der Waals surface area contributed by atoms with E-state index in [1.807, 2.05) is 0 Å². The molecule has 0 aromatic rings. The van der Waals surface area contributed by atoms with Crippen LogP contribution in [-0.4, -0.2) is 32.3 Å². The molecule has 1 fully saturated rings. The van der Waals surface area contributed by atoms with Crippen molar-refractivity contribution in [3.05, 3.63) is 0 Å². The van der Waals surface area contributed by atoms with Crippen molar-refractivity contribution >= 4 is 5.97 Å². The molecule has 0 unspecified atom stereocenters. The van der Waals surface area contributed by atoms with Gasteiger partial charge in [0.05, 0.1) is 13.0 Å². The third-order valence-electron chi connectivity index (χ3n) is 2.19. The van der Waals surface area contributed by atoms with Crippen LogP contribution in [0.2, 0.25) is 0 Å². The maximum atomic E-state index is 11.2. The number of carbonyl (C=O) groups excluding carboxylic acids is 1. The number of nitrogens with two attached hydrogens (primary N) is 1. The van der Waals surface area contributed by atoms with Gasteiger partial charge in [-0.1, -0.05) is 0 Å². The molecule has 2 atom stereocenters. The van der Waals surface area contributed by atoms with Crippen LogP contribution in [0, 0.1) is 5.92 Å². The maximum absolute atomic E-state index is 11.2. The van der Waals surface area contributed by atoms with Crippen LogP contribution in [0.1, 0.15) is 12.8 Å². The lowest BCUT2D eigenvalue weighted by molar-refractivity contribution is -0.146. The number of carbonyl (C=O) groups is 1. The molecule has 0 amide bonds. The minimum atomic E-state index is -0.215. The lowest BCUT2D eigenvalue weighted by Crippen LogP contribution is -2.35. The largest absolute Gasteiger partial charge is 0.469 e. The van der Waals surface area contributed by atoms with Gasteiger partial charge in [-0.15, -0.1) is 0 Å². The van der Waals surface area contributed by atoms with E-state index in [9.17, 15) is 4.79 Å². The summed E-state index contributed by atoms with van der Waals surface area (Å²) < 4.78 is 9.84. The highest BCUT2D eigenvalue weighted by Crippen LogP contribution is 2.15. The predicted octanol–water partition coefficient (Wildman–Crippen LogP) is -0.0867. The van der Waals surface area contributed by atoms with Gasteiger partial charge in [-0.25, -0.2) is 0 Å². The molecule has 2 N–H and O–H groups in total. The summed E-state index contributed by atoms with van der Waals surface area (Å²) in [4.78, 5) is 11.2. The molecule has 0 aliphatic carbocycles. The molecular formula is C8H15NO3. The first-order valence-corrected chi connectivity index (χ1v) is 4.17. The smallest absolute Gasteiger partial charge is 0.310 e. The zero-order valence-corrected chi connectivity index (χ0v) is 7.29. The zero-order valence-electron chi connectivity index (χ0n) is 7.29. The highest BCUT2D eigenvalue weighted by Gasteiger charge is 2.27. The van der Waals surface area contributed by atoms with Gasteiger partial charge in [-0.05, 0) is 12.8 Å². The minimum absolute atomic E-state index is 0.111. The Hall–Kier alpha value is -0.610. The Labute approximate surface area is 72.0 Å². The average Bonchev–Trinajstić information content (AvgIpc) is 2.28. The van der Waals surface area contributed by atoms with Crippen LogP contribution in [0.5, 0.6) is 0 Å². The predicted molar refractivity (Wildman–Crippen MR) is 43.5 cm³/mol. The van der Waals surface area contributed by atoms with E-state index in [1.165, 1.54) is 7.11 Å². The van der Waals surface area contributed by atoms with Crippen LogP contribution < -0.4 is 5.73 Å². The van der Waals surface area contributed by atoms with Gasteiger partial charge in [0.15, 0.2) is 0 Å². The first-order chi connectivity index (χ1) is 5.75. The molecule has 1 aliphatic heterocycles. The zero-order chi connectivity index (χ0) is 8.97. The van der Waals surface area contributed by atoms with Crippen LogP contribution in [0.4, 0.5) is 0 Å². The van der Waals surface area contributed by atoms with Crippen molar-refractivity contribution in [3.8, 4) is 0 Å². The third-order valence-corrected chi connectivity index (χ3v) is 2.19. The van der Waals surface area contributed by atoms with Gasteiger partial charge in [0.1, 0.15) is 0 Å². The van der Waals surface area contributed by atoms with E-state index in [-0.39, 0.29) is 17.9 Å². The minimum Gasteiger partial charge on any atom is -0.469 e. The second-order valence-electron chi connectivity index (χ2n) is 2.98. The first kappa shape index (κ1) is 9.48. The normalized spacial score (nSPS) is 30.8. The number of hydrogen-bond acceptors (Lipinski definition) is 4. The Bertz CT molecular complexity index is 160. The first-order valence-electron chi connectivity index (χ1n) is 4.17. The maximum Gasteiger partial charge on any atom is 0.310 e. The van der Waals surface area contributed by atoms with Gasteiger partial charge in [0.2, 0.25) is 0 Å². The molecule has 4 nitrogen and oxygen atoms in total. The SMILES string of the molecule is COC(=O)[C@@H]1CCOCC[C@H]1N. The summed E-state index contributed by atoms with van der Waals surface area (Å²) in [6.07, 6.45) is 1.41. The van der Waals surface area contributed by atoms with E-state index in [4.69, 9.17) is 10.5 Å². The molecule has 0 bridgehead atoms. The second kappa shape index (κ2) is 4.42. The summed E-state index contributed by atoms with van der Waals surface area (Å²) in [5.41, 5.74) is 5.77. The molecule has 1 aliphatic rings. The van der Waals surface area contributed by atoms with Gasteiger partial charge < -0.3 is 15.2 Å². The Morgan fingerprint density at radius 1 is 1.50 bits per heavy atom. The Kier molecular flexibility index (Phi) is 3.49. The van der Waals surface area contributed by atoms with Crippen molar-refractivity contribution in [1.82, 2.24) is 0 Å². The molecule has 0 radical (unpaired) electrons. The highest BCUT2D eigenvalue weighted by molar-refractivity contribution is 5.73. The van der Waals surface area contributed by atoms with Crippen molar-refractivity contribution in [2.24, 2.45) is 11.7 Å². The number of ether oxygens (including phenoxy) is 2. The summed E-state index contributed by atoms with van der Waals surface area (Å²) in [7, 11) is 1.39. The van der Waals surface area contributed by atoms with Crippen molar-refractivity contribution in [2.75, 3.05) is 20.3 Å². The Morgan fingerprint density at radius 3 is 2.83 bits per heavy atom. The number of methoxy groups -OCH3 is 1. The Balaban J connectivity index is 2.52. The van der Waals surface area contributed by atoms with E-state index < -0.39 is 0 Å². The molecule has 0 saturated carbocycles. The summed E-state index contributed by atoms with van der Waals surface area (Å²) in [6, 6.07) is -0.111. The fourth-order valence-electron chi connectivity index (χ4n) is 1.39. The van der Waals surface area contributed by atoms with E-state index in [2.05, 4.69) is 4.74 Å². The number of esters is 1. The van der Waals surface area contributed by atoms with Crippen molar-refractivity contribution in [2.45, 2.75) is 18.9 Å². The van der Waals surface area contributed by atoms with Gasteiger partial charge in [0, 0.05) is 19.3 Å². The molecule has 0 aromatic heterocycles. The van der Waals surface area contributed by atoms with Gasteiger partial charge >= 0.3 is 5.97 Å². The second-order valence-corrected chi connectivity index (χ2v) is 2.98. The van der Waals surface area contributed by atoms with Gasteiger partial charge in [-0.3, -0.25) is 4.79 Å². The quantitative estimate of drug-likeness (QED) is 0.563. The third kappa shape index (κ3) is 2.19. The fourth-order valence-corrected chi connectivity index (χ4v) is 1.39. The van der Waals surface area contributed by atoms with Crippen LogP contribution in [0.3, 0.4) is 0 Å². The fraction of sp³-hybridized carbons (Fsp3) is 0.875. The van der Waals surface area contributed by atoms with E-state index in [0.717, 1.165) is 6.42 Å². The molecule has 4 heteroatoms. The summed E-state index contributed by atoms with van der Waals surface area (Å²) in [6.45, 7) is 1.25. The van der Waals surface area contributed by atoms with Crippen molar-refractivity contribution in [1.29, 1.82) is 0 Å². The molecule has 1 heterocycles. The molecular weight excluding hydrogens is 158 g/mol. The van der Waals surface area contributed by atoms with Crippen LogP contribution in [-0.2, 0) is 14.3 Å². The molecule has 0 spiro atoms. The highest BCUT2D eigenvalue weighted by atomic mass is 16.5. The lowest BCUT2D eigenvalue weighted by atomic mass is 9.96. The number of hydrogen-bond donors (Lipinski definition) is 1. The van der Waals surface area contributed by atoms with Crippen LogP contribution in [0.15, 0.2) is 0 Å². The summed E-state index contributed by atoms with van der Waals surface area (Å²) >= 11 is 0. The van der Waals surface area contributed by atoms with Crippen LogP contribution in [0.25, 0.3) is 0 Å². The lowest BCUT2D eigenvalue weighted by Gasteiger charge is -2.17. The van der Waals surface area contributed by atoms with Crippen molar-refractivity contribution in [3.63, 3.8) is 0 Å².